The number of aromatic amines is 1. The van der Waals surface area contributed by atoms with Gasteiger partial charge in [0.05, 0.1) is 24.0 Å². The minimum atomic E-state index is -0.479. The Morgan fingerprint density at radius 3 is 2.81 bits per heavy atom. The summed E-state index contributed by atoms with van der Waals surface area (Å²) in [6, 6.07) is 11.1. The van der Waals surface area contributed by atoms with Crippen LogP contribution in [0.1, 0.15) is 16.1 Å². The van der Waals surface area contributed by atoms with Gasteiger partial charge in [-0.05, 0) is 36.4 Å². The van der Waals surface area contributed by atoms with Gasteiger partial charge in [0.2, 0.25) is 0 Å². The highest BCUT2D eigenvalue weighted by Crippen LogP contribution is 2.29. The number of benzene rings is 2. The normalized spacial score (nSPS) is 10.9. The fraction of sp³-hybridized carbons (Fsp3) is 0.0556. The van der Waals surface area contributed by atoms with E-state index < -0.39 is 5.91 Å². The summed E-state index contributed by atoms with van der Waals surface area (Å²) in [7, 11) is 1.47. The molecule has 138 valence electrons. The molecule has 0 aliphatic heterocycles. The van der Waals surface area contributed by atoms with Crippen LogP contribution < -0.4 is 10.2 Å². The molecule has 1 heterocycles. The van der Waals surface area contributed by atoms with Crippen molar-refractivity contribution < 1.29 is 14.6 Å². The Labute approximate surface area is 164 Å². The molecule has 0 saturated carbocycles. The number of hydrogen-bond acceptors (Lipinski definition) is 5. The smallest absolute Gasteiger partial charge is 0.289 e. The fourth-order valence-corrected chi connectivity index (χ4v) is 2.81. The lowest BCUT2D eigenvalue weighted by Gasteiger charge is -2.04. The van der Waals surface area contributed by atoms with Gasteiger partial charge in [0.1, 0.15) is 17.2 Å². The van der Waals surface area contributed by atoms with Crippen LogP contribution in [-0.2, 0) is 0 Å². The largest absolute Gasteiger partial charge is 0.508 e. The molecule has 0 aliphatic carbocycles. The molecule has 0 radical (unpaired) electrons. The first-order chi connectivity index (χ1) is 13.0. The van der Waals surface area contributed by atoms with E-state index in [9.17, 15) is 9.90 Å². The Morgan fingerprint density at radius 2 is 2.07 bits per heavy atom. The van der Waals surface area contributed by atoms with Crippen LogP contribution in [0.4, 0.5) is 0 Å². The van der Waals surface area contributed by atoms with Crippen LogP contribution in [0.3, 0.4) is 0 Å². The molecule has 0 atom stereocenters. The number of phenolic OH excluding ortho intramolecular Hbond substituents is 1. The number of hydrazone groups is 1. The maximum Gasteiger partial charge on any atom is 0.289 e. The number of aromatic hydroxyl groups is 1. The Kier molecular flexibility index (Phi) is 5.63. The van der Waals surface area contributed by atoms with Crippen LogP contribution >= 0.6 is 23.2 Å². The van der Waals surface area contributed by atoms with Crippen molar-refractivity contribution in [1.29, 1.82) is 0 Å². The number of phenols is 1. The maximum absolute atomic E-state index is 12.2. The highest BCUT2D eigenvalue weighted by atomic mass is 35.5. The molecule has 2 aromatic carbocycles. The summed E-state index contributed by atoms with van der Waals surface area (Å²) < 4.78 is 5.14. The highest BCUT2D eigenvalue weighted by Gasteiger charge is 2.13. The number of carbonyl (C=O) groups excluding carboxylic acids is 1. The summed E-state index contributed by atoms with van der Waals surface area (Å²) in [6.45, 7) is 0. The Bertz CT molecular complexity index is 1020. The van der Waals surface area contributed by atoms with Crippen molar-refractivity contribution in [3.05, 3.63) is 63.8 Å². The number of aromatic nitrogens is 2. The van der Waals surface area contributed by atoms with Crippen LogP contribution in [0.25, 0.3) is 11.3 Å². The first kappa shape index (κ1) is 18.8. The van der Waals surface area contributed by atoms with Gasteiger partial charge >= 0.3 is 0 Å². The third-order valence-corrected chi connectivity index (χ3v) is 4.16. The standard InChI is InChI=1S/C18H14Cl2N4O3/c1-27-17-7-12(25)4-2-10(17)9-21-24-18(26)16-8-15(22-23-16)13-5-3-11(19)6-14(13)20/h2-9,25H,1H3,(H,22,23)(H,24,26)/b21-9+. The average molecular weight is 405 g/mol. The van der Waals surface area contributed by atoms with Crippen molar-refractivity contribution in [2.45, 2.75) is 0 Å². The van der Waals surface area contributed by atoms with Crippen molar-refractivity contribution in [3.63, 3.8) is 0 Å². The fourth-order valence-electron chi connectivity index (χ4n) is 2.30. The van der Waals surface area contributed by atoms with E-state index in [4.69, 9.17) is 27.9 Å². The molecular formula is C18H14Cl2N4O3. The summed E-state index contributed by atoms with van der Waals surface area (Å²) >= 11 is 12.0. The summed E-state index contributed by atoms with van der Waals surface area (Å²) in [6.07, 6.45) is 1.41. The van der Waals surface area contributed by atoms with Crippen LogP contribution in [0.2, 0.25) is 10.0 Å². The number of hydrogen-bond donors (Lipinski definition) is 3. The summed E-state index contributed by atoms with van der Waals surface area (Å²) in [5.74, 6) is 0.0147. The Hall–Kier alpha value is -3.03. The predicted octanol–water partition coefficient (Wildman–Crippen LogP) is 3.86. The van der Waals surface area contributed by atoms with Gasteiger partial charge in [0, 0.05) is 22.2 Å². The lowest BCUT2D eigenvalue weighted by atomic mass is 10.1. The number of amides is 1. The Balaban J connectivity index is 1.71. The molecular weight excluding hydrogens is 391 g/mol. The molecule has 0 fully saturated rings. The van der Waals surface area contributed by atoms with Crippen LogP contribution in [0.15, 0.2) is 47.6 Å². The van der Waals surface area contributed by atoms with Crippen LogP contribution in [-0.4, -0.2) is 34.5 Å². The summed E-state index contributed by atoms with van der Waals surface area (Å²) in [5.41, 5.74) is 4.35. The SMILES string of the molecule is COc1cc(O)ccc1/C=N/NC(=O)c1cc(-c2ccc(Cl)cc2Cl)n[nH]1. The van der Waals surface area contributed by atoms with Crippen molar-refractivity contribution in [1.82, 2.24) is 15.6 Å². The van der Waals surface area contributed by atoms with Gasteiger partial charge in [0.15, 0.2) is 0 Å². The van der Waals surface area contributed by atoms with E-state index in [2.05, 4.69) is 20.7 Å². The Morgan fingerprint density at radius 1 is 1.26 bits per heavy atom. The van der Waals surface area contributed by atoms with Crippen molar-refractivity contribution in [2.75, 3.05) is 7.11 Å². The lowest BCUT2D eigenvalue weighted by Crippen LogP contribution is -2.18. The van der Waals surface area contributed by atoms with E-state index in [1.165, 1.54) is 25.5 Å². The van der Waals surface area contributed by atoms with Gasteiger partial charge in [-0.2, -0.15) is 10.2 Å². The number of halogens is 2. The van der Waals surface area contributed by atoms with E-state index in [0.717, 1.165) is 0 Å². The topological polar surface area (TPSA) is 99.6 Å². The number of nitrogens with one attached hydrogen (secondary N) is 2. The van der Waals surface area contributed by atoms with Gasteiger partial charge < -0.3 is 9.84 Å². The third-order valence-electron chi connectivity index (χ3n) is 3.62. The van der Waals surface area contributed by atoms with E-state index >= 15 is 0 Å². The number of H-pyrrole nitrogens is 1. The van der Waals surface area contributed by atoms with Gasteiger partial charge in [0.25, 0.3) is 5.91 Å². The zero-order chi connectivity index (χ0) is 19.4. The number of nitrogens with zero attached hydrogens (tertiary/aromatic N) is 2. The molecule has 3 N–H and O–H groups in total. The van der Waals surface area contributed by atoms with Crippen molar-refractivity contribution in [3.8, 4) is 22.8 Å². The first-order valence-corrected chi connectivity index (χ1v) is 8.45. The van der Waals surface area contributed by atoms with Crippen LogP contribution in [0, 0.1) is 0 Å². The summed E-state index contributed by atoms with van der Waals surface area (Å²) in [4.78, 5) is 12.2. The molecule has 0 spiro atoms. The molecule has 27 heavy (non-hydrogen) atoms. The third kappa shape index (κ3) is 4.39. The molecule has 3 aromatic rings. The average Bonchev–Trinajstić information content (AvgIpc) is 3.12. The maximum atomic E-state index is 12.2. The van der Waals surface area contributed by atoms with E-state index in [1.807, 2.05) is 0 Å². The van der Waals surface area contributed by atoms with Crippen LogP contribution in [0.5, 0.6) is 11.5 Å². The minimum Gasteiger partial charge on any atom is -0.508 e. The minimum absolute atomic E-state index is 0.0684. The predicted molar refractivity (Wildman–Crippen MR) is 104 cm³/mol. The number of ether oxygens (including phenoxy) is 1. The van der Waals surface area contributed by atoms with Gasteiger partial charge in [-0.1, -0.05) is 23.2 Å². The second kappa shape index (κ2) is 8.11. The monoisotopic (exact) mass is 404 g/mol. The zero-order valence-electron chi connectivity index (χ0n) is 14.0. The number of carbonyl (C=O) groups is 1. The van der Waals surface area contributed by atoms with Crippen molar-refractivity contribution in [2.24, 2.45) is 5.10 Å². The van der Waals surface area contributed by atoms with Gasteiger partial charge in [-0.3, -0.25) is 9.89 Å². The molecule has 3 rings (SSSR count). The second-order valence-corrected chi connectivity index (χ2v) is 6.26. The molecule has 0 aliphatic rings. The lowest BCUT2D eigenvalue weighted by molar-refractivity contribution is 0.0950. The van der Waals surface area contributed by atoms with E-state index in [-0.39, 0.29) is 11.4 Å². The molecule has 1 aromatic heterocycles. The number of methoxy groups -OCH3 is 1. The molecule has 7 nitrogen and oxygen atoms in total. The highest BCUT2D eigenvalue weighted by molar-refractivity contribution is 6.36. The van der Waals surface area contributed by atoms with Gasteiger partial charge in [-0.15, -0.1) is 0 Å². The molecule has 9 heteroatoms. The van der Waals surface area contributed by atoms with E-state index in [0.29, 0.717) is 32.6 Å². The zero-order valence-corrected chi connectivity index (χ0v) is 15.5. The molecule has 0 unspecified atom stereocenters. The number of rotatable bonds is 5. The van der Waals surface area contributed by atoms with E-state index in [1.54, 1.807) is 30.3 Å². The molecule has 0 bridgehead atoms. The molecule has 0 saturated heterocycles. The summed E-state index contributed by atoms with van der Waals surface area (Å²) in [5, 5.41) is 21.0. The first-order valence-electron chi connectivity index (χ1n) is 7.69. The van der Waals surface area contributed by atoms with Gasteiger partial charge in [-0.25, -0.2) is 5.43 Å². The quantitative estimate of drug-likeness (QED) is 0.443. The second-order valence-electron chi connectivity index (χ2n) is 5.42. The molecule has 1 amide bonds. The van der Waals surface area contributed by atoms with Crippen molar-refractivity contribution >= 4 is 35.3 Å².